The number of ketones is 1. The lowest BCUT2D eigenvalue weighted by atomic mass is 10.1. The summed E-state index contributed by atoms with van der Waals surface area (Å²) in [5.74, 6) is -2.99. The first-order valence-electron chi connectivity index (χ1n) is 5.24. The zero-order valence-corrected chi connectivity index (χ0v) is 10.5. The number of rotatable bonds is 2. The average molecular weight is 286 g/mol. The lowest BCUT2D eigenvalue weighted by molar-refractivity contribution is -0.140. The Labute approximate surface area is 112 Å². The number of hydrogen-bond donors (Lipinski definition) is 1. The van der Waals surface area contributed by atoms with Crippen molar-refractivity contribution in [2.45, 2.75) is 13.0 Å². The van der Waals surface area contributed by atoms with Gasteiger partial charge >= 0.3 is 5.97 Å². The number of esters is 1. The molecule has 100 valence electrons. The highest BCUT2D eigenvalue weighted by Gasteiger charge is 2.40. The van der Waals surface area contributed by atoms with Crippen LogP contribution in [0.3, 0.4) is 0 Å². The third-order valence-electron chi connectivity index (χ3n) is 2.44. The maximum Gasteiger partial charge on any atom is 0.308 e. The standard InChI is InChI=1S/C12H9ClFNO4/c1-5(16)18-11-9(17)10(19-12(11)15)8-6(13)3-2-4-7(8)14/h2-4,10H,15H2,1H3. The first kappa shape index (κ1) is 13.4. The number of benzene rings is 1. The third kappa shape index (κ3) is 2.39. The number of hydrogen-bond acceptors (Lipinski definition) is 5. The second-order valence-corrected chi connectivity index (χ2v) is 4.19. The van der Waals surface area contributed by atoms with Crippen molar-refractivity contribution >= 4 is 23.4 Å². The second-order valence-electron chi connectivity index (χ2n) is 3.78. The van der Waals surface area contributed by atoms with Crippen LogP contribution in [0.15, 0.2) is 29.8 Å². The molecule has 0 aromatic heterocycles. The Bertz CT molecular complexity index is 579. The van der Waals surface area contributed by atoms with Crippen molar-refractivity contribution in [2.24, 2.45) is 5.73 Å². The molecule has 2 rings (SSSR count). The van der Waals surface area contributed by atoms with Crippen LogP contribution in [0.25, 0.3) is 0 Å². The van der Waals surface area contributed by atoms with Gasteiger partial charge in [0.2, 0.25) is 17.4 Å². The third-order valence-corrected chi connectivity index (χ3v) is 2.77. The van der Waals surface area contributed by atoms with Crippen molar-refractivity contribution in [1.29, 1.82) is 0 Å². The van der Waals surface area contributed by atoms with Crippen LogP contribution in [0.4, 0.5) is 4.39 Å². The quantitative estimate of drug-likeness (QED) is 0.839. The molecule has 1 atom stereocenters. The van der Waals surface area contributed by atoms with E-state index in [9.17, 15) is 14.0 Å². The fourth-order valence-corrected chi connectivity index (χ4v) is 1.93. The van der Waals surface area contributed by atoms with Gasteiger partial charge in [-0.2, -0.15) is 0 Å². The Morgan fingerprint density at radius 2 is 2.21 bits per heavy atom. The van der Waals surface area contributed by atoms with Gasteiger partial charge < -0.3 is 15.2 Å². The summed E-state index contributed by atoms with van der Waals surface area (Å²) in [5, 5.41) is 0.0234. The van der Waals surface area contributed by atoms with Crippen LogP contribution in [-0.4, -0.2) is 11.8 Å². The van der Waals surface area contributed by atoms with Gasteiger partial charge in [0.25, 0.3) is 0 Å². The van der Waals surface area contributed by atoms with Crippen LogP contribution in [-0.2, 0) is 19.1 Å². The summed E-state index contributed by atoms with van der Waals surface area (Å²) in [7, 11) is 0. The summed E-state index contributed by atoms with van der Waals surface area (Å²) >= 11 is 5.84. The normalized spacial score (nSPS) is 18.5. The lowest BCUT2D eigenvalue weighted by Gasteiger charge is -2.12. The van der Waals surface area contributed by atoms with Crippen molar-refractivity contribution in [3.8, 4) is 0 Å². The highest BCUT2D eigenvalue weighted by atomic mass is 35.5. The Morgan fingerprint density at radius 3 is 2.79 bits per heavy atom. The van der Waals surface area contributed by atoms with Gasteiger partial charge in [-0.1, -0.05) is 17.7 Å². The molecule has 0 spiro atoms. The summed E-state index contributed by atoms with van der Waals surface area (Å²) in [6.45, 7) is 1.11. The van der Waals surface area contributed by atoms with Gasteiger partial charge in [0.1, 0.15) is 5.82 Å². The van der Waals surface area contributed by atoms with E-state index in [0.29, 0.717) is 0 Å². The fraction of sp³-hybridized carbons (Fsp3) is 0.167. The van der Waals surface area contributed by atoms with E-state index >= 15 is 0 Å². The van der Waals surface area contributed by atoms with Gasteiger partial charge in [0.05, 0.1) is 10.6 Å². The largest absolute Gasteiger partial charge is 0.460 e. The monoisotopic (exact) mass is 285 g/mol. The molecule has 0 radical (unpaired) electrons. The summed E-state index contributed by atoms with van der Waals surface area (Å²) in [5.41, 5.74) is 5.30. The van der Waals surface area contributed by atoms with Gasteiger partial charge in [-0.3, -0.25) is 9.59 Å². The molecule has 0 bridgehead atoms. The molecule has 0 saturated heterocycles. The van der Waals surface area contributed by atoms with E-state index < -0.39 is 29.4 Å². The molecule has 5 nitrogen and oxygen atoms in total. The summed E-state index contributed by atoms with van der Waals surface area (Å²) in [6.07, 6.45) is -1.34. The average Bonchev–Trinajstić information content (AvgIpc) is 2.57. The van der Waals surface area contributed by atoms with Gasteiger partial charge in [0, 0.05) is 6.92 Å². The van der Waals surface area contributed by atoms with E-state index in [0.717, 1.165) is 13.0 Å². The lowest BCUT2D eigenvalue weighted by Crippen LogP contribution is -2.14. The molecule has 1 aromatic carbocycles. The zero-order chi connectivity index (χ0) is 14.2. The topological polar surface area (TPSA) is 78.6 Å². The Kier molecular flexibility index (Phi) is 3.44. The highest BCUT2D eigenvalue weighted by Crippen LogP contribution is 2.36. The first-order valence-corrected chi connectivity index (χ1v) is 5.62. The molecule has 1 aromatic rings. The molecule has 1 aliphatic heterocycles. The van der Waals surface area contributed by atoms with Crippen molar-refractivity contribution in [3.63, 3.8) is 0 Å². The molecular weight excluding hydrogens is 277 g/mol. The Morgan fingerprint density at radius 1 is 1.53 bits per heavy atom. The second kappa shape index (κ2) is 4.89. The molecule has 1 heterocycles. The van der Waals surface area contributed by atoms with Crippen LogP contribution in [0.2, 0.25) is 5.02 Å². The van der Waals surface area contributed by atoms with Crippen LogP contribution >= 0.6 is 11.6 Å². The minimum Gasteiger partial charge on any atom is -0.460 e. The van der Waals surface area contributed by atoms with Gasteiger partial charge in [-0.25, -0.2) is 4.39 Å². The van der Waals surface area contributed by atoms with Crippen LogP contribution in [0.1, 0.15) is 18.6 Å². The van der Waals surface area contributed by atoms with E-state index in [1.165, 1.54) is 12.1 Å². The van der Waals surface area contributed by atoms with E-state index in [2.05, 4.69) is 4.74 Å². The SMILES string of the molecule is CC(=O)OC1=C(N)OC(c2c(F)cccc2Cl)C1=O. The number of halogens is 2. The molecule has 1 aliphatic rings. The first-order chi connectivity index (χ1) is 8.91. The zero-order valence-electron chi connectivity index (χ0n) is 9.78. The molecule has 7 heteroatoms. The maximum absolute atomic E-state index is 13.7. The predicted molar refractivity (Wildman–Crippen MR) is 63.2 cm³/mol. The fourth-order valence-electron chi connectivity index (χ4n) is 1.67. The number of carbonyl (C=O) groups is 2. The maximum atomic E-state index is 13.7. The number of nitrogens with two attached hydrogens (primary N) is 1. The van der Waals surface area contributed by atoms with Crippen LogP contribution in [0, 0.1) is 5.82 Å². The minimum absolute atomic E-state index is 0.0234. The highest BCUT2D eigenvalue weighted by molar-refractivity contribution is 6.31. The molecule has 1 unspecified atom stereocenters. The summed E-state index contributed by atoms with van der Waals surface area (Å²) in [6, 6.07) is 3.94. The van der Waals surface area contributed by atoms with E-state index in [1.807, 2.05) is 0 Å². The van der Waals surface area contributed by atoms with Crippen LogP contribution in [0.5, 0.6) is 0 Å². The van der Waals surface area contributed by atoms with E-state index in [4.69, 9.17) is 22.1 Å². The van der Waals surface area contributed by atoms with E-state index in [1.54, 1.807) is 0 Å². The van der Waals surface area contributed by atoms with Gasteiger partial charge in [-0.05, 0) is 12.1 Å². The van der Waals surface area contributed by atoms with Crippen molar-refractivity contribution in [2.75, 3.05) is 0 Å². The predicted octanol–water partition coefficient (Wildman–Crippen LogP) is 1.81. The summed E-state index contributed by atoms with van der Waals surface area (Å²) < 4.78 is 23.4. The Balaban J connectivity index is 2.37. The van der Waals surface area contributed by atoms with Crippen molar-refractivity contribution in [1.82, 2.24) is 0 Å². The smallest absolute Gasteiger partial charge is 0.308 e. The molecule has 2 N–H and O–H groups in total. The van der Waals surface area contributed by atoms with E-state index in [-0.39, 0.29) is 16.5 Å². The number of Topliss-reactive ketones (excluding diaryl/α,β-unsaturated/α-hetero) is 1. The van der Waals surface area contributed by atoms with Crippen molar-refractivity contribution < 1.29 is 23.5 Å². The Hall–Kier alpha value is -2.08. The molecular formula is C12H9ClFNO4. The molecule has 0 saturated carbocycles. The molecule has 0 amide bonds. The molecule has 19 heavy (non-hydrogen) atoms. The minimum atomic E-state index is -1.34. The summed E-state index contributed by atoms with van der Waals surface area (Å²) in [4.78, 5) is 22.8. The number of ether oxygens (including phenoxy) is 2. The van der Waals surface area contributed by atoms with Gasteiger partial charge in [-0.15, -0.1) is 0 Å². The van der Waals surface area contributed by atoms with Crippen molar-refractivity contribution in [3.05, 3.63) is 46.2 Å². The molecule has 0 aliphatic carbocycles. The van der Waals surface area contributed by atoms with Gasteiger partial charge in [0.15, 0.2) is 6.10 Å². The number of carbonyl (C=O) groups excluding carboxylic acids is 2. The van der Waals surface area contributed by atoms with Crippen LogP contribution < -0.4 is 5.73 Å². The molecule has 0 fully saturated rings.